The van der Waals surface area contributed by atoms with Crippen molar-refractivity contribution in [2.24, 2.45) is 5.41 Å². The third-order valence-corrected chi connectivity index (χ3v) is 4.57. The van der Waals surface area contributed by atoms with E-state index in [1.165, 1.54) is 6.07 Å². The molecule has 1 aliphatic rings. The van der Waals surface area contributed by atoms with Crippen LogP contribution in [0, 0.1) is 11.2 Å². The van der Waals surface area contributed by atoms with Crippen molar-refractivity contribution in [1.82, 2.24) is 4.90 Å². The maximum atomic E-state index is 13.3. The lowest BCUT2D eigenvalue weighted by atomic mass is 9.78. The Morgan fingerprint density at radius 2 is 2.05 bits per heavy atom. The van der Waals surface area contributed by atoms with E-state index >= 15 is 0 Å². The summed E-state index contributed by atoms with van der Waals surface area (Å²) in [6.07, 6.45) is -2.02. The molecule has 1 fully saturated rings. The predicted molar refractivity (Wildman–Crippen MR) is 75.7 cm³/mol. The number of piperidine rings is 1. The zero-order chi connectivity index (χ0) is 16.4. The molecule has 0 radical (unpaired) electrons. The summed E-state index contributed by atoms with van der Waals surface area (Å²) in [5.74, 6) is -1.24. The minimum absolute atomic E-state index is 0.0806. The van der Waals surface area contributed by atoms with Crippen molar-refractivity contribution in [3.63, 3.8) is 0 Å². The number of benzene rings is 1. The summed E-state index contributed by atoms with van der Waals surface area (Å²) in [6.45, 7) is 3.86. The Labute approximate surface area is 127 Å². The summed E-state index contributed by atoms with van der Waals surface area (Å²) < 4.78 is 51.6. The molecule has 6 heteroatoms. The van der Waals surface area contributed by atoms with Crippen LogP contribution in [0.3, 0.4) is 0 Å². The second kappa shape index (κ2) is 6.54. The molecule has 0 unspecified atom stereocenters. The molecule has 0 aromatic heterocycles. The van der Waals surface area contributed by atoms with Crippen LogP contribution in [0.2, 0.25) is 0 Å². The van der Waals surface area contributed by atoms with Crippen molar-refractivity contribution in [3.05, 3.63) is 35.1 Å². The number of alkyl halides is 3. The van der Waals surface area contributed by atoms with Crippen molar-refractivity contribution in [1.29, 1.82) is 0 Å². The molecule has 22 heavy (non-hydrogen) atoms. The molecule has 1 saturated heterocycles. The van der Waals surface area contributed by atoms with Crippen LogP contribution in [0.5, 0.6) is 0 Å². The topological polar surface area (TPSA) is 23.5 Å². The van der Waals surface area contributed by atoms with Gasteiger partial charge in [-0.3, -0.25) is 4.90 Å². The minimum atomic E-state index is -4.68. The Morgan fingerprint density at radius 1 is 1.32 bits per heavy atom. The Bertz CT molecular complexity index is 511. The lowest BCUT2D eigenvalue weighted by Gasteiger charge is -2.41. The lowest BCUT2D eigenvalue weighted by molar-refractivity contribution is -0.140. The highest BCUT2D eigenvalue weighted by Crippen LogP contribution is 2.35. The molecular formula is C16H21F4NO. The van der Waals surface area contributed by atoms with E-state index in [4.69, 9.17) is 0 Å². The summed E-state index contributed by atoms with van der Waals surface area (Å²) >= 11 is 0. The fourth-order valence-corrected chi connectivity index (χ4v) is 3.12. The average molecular weight is 319 g/mol. The molecule has 1 atom stereocenters. The Morgan fingerprint density at radius 3 is 2.64 bits per heavy atom. The molecule has 0 amide bonds. The Balaban J connectivity index is 2.14. The molecule has 0 aliphatic carbocycles. The molecule has 124 valence electrons. The molecule has 1 heterocycles. The Hall–Kier alpha value is -1.14. The van der Waals surface area contributed by atoms with Gasteiger partial charge in [0.1, 0.15) is 5.82 Å². The maximum Gasteiger partial charge on any atom is 0.419 e. The quantitative estimate of drug-likeness (QED) is 0.853. The van der Waals surface area contributed by atoms with E-state index in [1.807, 2.05) is 11.8 Å². The van der Waals surface area contributed by atoms with Gasteiger partial charge >= 0.3 is 6.18 Å². The van der Waals surface area contributed by atoms with E-state index in [1.54, 1.807) is 0 Å². The largest absolute Gasteiger partial charge is 0.419 e. The molecule has 1 aromatic rings. The third-order valence-electron chi connectivity index (χ3n) is 4.57. The number of aliphatic hydroxyl groups is 1. The predicted octanol–water partition coefficient (Wildman–Crippen LogP) is 3.83. The Kier molecular flexibility index (Phi) is 5.12. The number of aliphatic hydroxyl groups excluding tert-OH is 1. The summed E-state index contributed by atoms with van der Waals surface area (Å²) in [7, 11) is 0. The fourth-order valence-electron chi connectivity index (χ4n) is 3.12. The van der Waals surface area contributed by atoms with Crippen molar-refractivity contribution < 1.29 is 22.7 Å². The highest BCUT2D eigenvalue weighted by Gasteiger charge is 2.35. The fraction of sp³-hybridized carbons (Fsp3) is 0.625. The minimum Gasteiger partial charge on any atom is -0.396 e. The highest BCUT2D eigenvalue weighted by atomic mass is 19.4. The zero-order valence-electron chi connectivity index (χ0n) is 12.6. The SMILES string of the molecule is CC[C@]1(CO)CCCN(Cc2ccc(F)c(C(F)(F)F)c2)C1. The van der Waals surface area contributed by atoms with Gasteiger partial charge in [-0.2, -0.15) is 13.2 Å². The summed E-state index contributed by atoms with van der Waals surface area (Å²) in [4.78, 5) is 2.04. The van der Waals surface area contributed by atoms with Gasteiger partial charge in [0.2, 0.25) is 0 Å². The smallest absolute Gasteiger partial charge is 0.396 e. The molecule has 2 nitrogen and oxygen atoms in total. The van der Waals surface area contributed by atoms with Crippen molar-refractivity contribution in [2.75, 3.05) is 19.7 Å². The molecular weight excluding hydrogens is 298 g/mol. The first-order valence-electron chi connectivity index (χ1n) is 7.48. The van der Waals surface area contributed by atoms with Gasteiger partial charge in [0.25, 0.3) is 0 Å². The van der Waals surface area contributed by atoms with Crippen LogP contribution in [0.25, 0.3) is 0 Å². The normalized spacial score (nSPS) is 23.7. The van der Waals surface area contributed by atoms with E-state index in [-0.39, 0.29) is 12.0 Å². The summed E-state index contributed by atoms with van der Waals surface area (Å²) in [5.41, 5.74) is -0.949. The van der Waals surface area contributed by atoms with Crippen molar-refractivity contribution in [3.8, 4) is 0 Å². The van der Waals surface area contributed by atoms with E-state index in [0.717, 1.165) is 37.9 Å². The van der Waals surface area contributed by atoms with Crippen molar-refractivity contribution >= 4 is 0 Å². The number of nitrogens with zero attached hydrogens (tertiary/aromatic N) is 1. The second-order valence-electron chi connectivity index (χ2n) is 6.14. The maximum absolute atomic E-state index is 13.3. The van der Waals surface area contributed by atoms with Crippen LogP contribution in [-0.4, -0.2) is 29.7 Å². The molecule has 0 saturated carbocycles. The van der Waals surface area contributed by atoms with Gasteiger partial charge in [-0.05, 0) is 43.5 Å². The van der Waals surface area contributed by atoms with Crippen LogP contribution >= 0.6 is 0 Å². The second-order valence-corrected chi connectivity index (χ2v) is 6.14. The molecule has 0 bridgehead atoms. The summed E-state index contributed by atoms with van der Waals surface area (Å²) in [5, 5.41) is 9.59. The summed E-state index contributed by atoms with van der Waals surface area (Å²) in [6, 6.07) is 3.16. The number of halogens is 4. The van der Waals surface area contributed by atoms with Gasteiger partial charge in [-0.15, -0.1) is 0 Å². The molecule has 1 aliphatic heterocycles. The molecule has 2 rings (SSSR count). The molecule has 1 aromatic carbocycles. The van der Waals surface area contributed by atoms with Crippen LogP contribution < -0.4 is 0 Å². The third kappa shape index (κ3) is 3.79. The van der Waals surface area contributed by atoms with Gasteiger partial charge < -0.3 is 5.11 Å². The van der Waals surface area contributed by atoms with Crippen molar-refractivity contribution in [2.45, 2.75) is 38.9 Å². The zero-order valence-corrected chi connectivity index (χ0v) is 12.6. The number of likely N-dealkylation sites (tertiary alicyclic amines) is 1. The van der Waals surface area contributed by atoms with Gasteiger partial charge in [-0.1, -0.05) is 13.0 Å². The monoisotopic (exact) mass is 319 g/mol. The van der Waals surface area contributed by atoms with E-state index in [9.17, 15) is 22.7 Å². The average Bonchev–Trinajstić information content (AvgIpc) is 2.48. The number of hydrogen-bond donors (Lipinski definition) is 1. The van der Waals surface area contributed by atoms with Gasteiger partial charge in [0.05, 0.1) is 5.56 Å². The van der Waals surface area contributed by atoms with Crippen LogP contribution in [0.1, 0.15) is 37.3 Å². The highest BCUT2D eigenvalue weighted by molar-refractivity contribution is 5.27. The standard InChI is InChI=1S/C16H21F4NO/c1-2-15(11-22)6-3-7-21(10-15)9-12-4-5-14(17)13(8-12)16(18,19)20/h4-5,8,22H,2-3,6-7,9-11H2,1H3/t15-/m0/s1. The van der Waals surface area contributed by atoms with Gasteiger partial charge in [0.15, 0.2) is 0 Å². The first kappa shape index (κ1) is 17.2. The van der Waals surface area contributed by atoms with E-state index < -0.39 is 17.6 Å². The first-order chi connectivity index (χ1) is 10.3. The van der Waals surface area contributed by atoms with E-state index in [2.05, 4.69) is 0 Å². The van der Waals surface area contributed by atoms with Crippen LogP contribution in [-0.2, 0) is 12.7 Å². The molecule has 0 spiro atoms. The van der Waals surface area contributed by atoms with Gasteiger partial charge in [-0.25, -0.2) is 4.39 Å². The van der Waals surface area contributed by atoms with Gasteiger partial charge in [0, 0.05) is 25.1 Å². The molecule has 1 N–H and O–H groups in total. The first-order valence-corrected chi connectivity index (χ1v) is 7.48. The van der Waals surface area contributed by atoms with E-state index in [0.29, 0.717) is 18.7 Å². The lowest BCUT2D eigenvalue weighted by Crippen LogP contribution is -2.44. The number of rotatable bonds is 4. The van der Waals surface area contributed by atoms with Crippen LogP contribution in [0.15, 0.2) is 18.2 Å². The van der Waals surface area contributed by atoms with Crippen LogP contribution in [0.4, 0.5) is 17.6 Å². The number of hydrogen-bond acceptors (Lipinski definition) is 2.